The minimum absolute atomic E-state index is 0.833. The number of rotatable bonds is 3. The summed E-state index contributed by atoms with van der Waals surface area (Å²) in [5.41, 5.74) is 4.87. The maximum atomic E-state index is 6.38. The van der Waals surface area contributed by atoms with Crippen LogP contribution in [0, 0.1) is 0 Å². The van der Waals surface area contributed by atoms with Crippen molar-refractivity contribution in [2.24, 2.45) is 0 Å². The first-order chi connectivity index (χ1) is 9.31. The van der Waals surface area contributed by atoms with E-state index in [0.717, 1.165) is 23.4 Å². The first kappa shape index (κ1) is 12.3. The van der Waals surface area contributed by atoms with Gasteiger partial charge < -0.3 is 4.98 Å². The molecular weight excluding hydrogens is 254 g/mol. The Labute approximate surface area is 118 Å². The fourth-order valence-electron chi connectivity index (χ4n) is 2.62. The number of aryl methyl sites for hydroxylation is 1. The topological polar surface area (TPSA) is 15.8 Å². The third-order valence-electron chi connectivity index (χ3n) is 3.44. The first-order valence-electron chi connectivity index (χ1n) is 6.65. The van der Waals surface area contributed by atoms with Crippen LogP contribution in [0.5, 0.6) is 0 Å². The van der Waals surface area contributed by atoms with Crippen LogP contribution in [-0.2, 0) is 6.42 Å². The zero-order valence-electron chi connectivity index (χ0n) is 10.9. The average Bonchev–Trinajstić information content (AvgIpc) is 2.81. The molecule has 1 heterocycles. The fourth-order valence-corrected chi connectivity index (χ4v) is 2.91. The van der Waals surface area contributed by atoms with Gasteiger partial charge in [-0.3, -0.25) is 0 Å². The fraction of sp³-hybridized carbons (Fsp3) is 0.176. The summed E-state index contributed by atoms with van der Waals surface area (Å²) in [5, 5.41) is 2.00. The van der Waals surface area contributed by atoms with Gasteiger partial charge in [-0.1, -0.05) is 61.3 Å². The van der Waals surface area contributed by atoms with Crippen LogP contribution in [0.1, 0.15) is 18.9 Å². The lowest BCUT2D eigenvalue weighted by Crippen LogP contribution is -1.86. The summed E-state index contributed by atoms with van der Waals surface area (Å²) in [7, 11) is 0. The molecule has 0 aliphatic carbocycles. The van der Waals surface area contributed by atoms with Crippen LogP contribution in [0.3, 0.4) is 0 Å². The molecule has 0 bridgehead atoms. The summed E-state index contributed by atoms with van der Waals surface area (Å²) in [6, 6.07) is 16.5. The largest absolute Gasteiger partial charge is 0.354 e. The van der Waals surface area contributed by atoms with E-state index in [1.807, 2.05) is 18.2 Å². The molecule has 1 nitrogen and oxygen atoms in total. The highest BCUT2D eigenvalue weighted by Crippen LogP contribution is 2.35. The number of aromatic amines is 1. The van der Waals surface area contributed by atoms with Gasteiger partial charge >= 0.3 is 0 Å². The van der Waals surface area contributed by atoms with Crippen molar-refractivity contribution in [3.05, 3.63) is 59.1 Å². The van der Waals surface area contributed by atoms with Gasteiger partial charge in [0.05, 0.1) is 5.02 Å². The molecule has 0 saturated heterocycles. The van der Waals surface area contributed by atoms with Crippen LogP contribution in [0.2, 0.25) is 5.02 Å². The summed E-state index contributed by atoms with van der Waals surface area (Å²) in [6.45, 7) is 2.20. The van der Waals surface area contributed by atoms with Gasteiger partial charge in [-0.15, -0.1) is 0 Å². The van der Waals surface area contributed by atoms with E-state index in [1.165, 1.54) is 22.2 Å². The Morgan fingerprint density at radius 1 is 1.00 bits per heavy atom. The van der Waals surface area contributed by atoms with Gasteiger partial charge in [-0.05, 0) is 29.7 Å². The summed E-state index contributed by atoms with van der Waals surface area (Å²) < 4.78 is 0. The van der Waals surface area contributed by atoms with Gasteiger partial charge in [0.15, 0.2) is 0 Å². The molecule has 1 N–H and O–H groups in total. The smallest absolute Gasteiger partial charge is 0.0502 e. The SMILES string of the molecule is CCCc1c(-c2ccccc2)[nH]c2cccc(Cl)c12. The molecule has 3 rings (SSSR count). The predicted molar refractivity (Wildman–Crippen MR) is 82.7 cm³/mol. The van der Waals surface area contributed by atoms with Crippen molar-refractivity contribution < 1.29 is 0 Å². The molecule has 0 aliphatic rings. The van der Waals surface area contributed by atoms with Crippen LogP contribution in [-0.4, -0.2) is 4.98 Å². The predicted octanol–water partition coefficient (Wildman–Crippen LogP) is 5.44. The number of hydrogen-bond acceptors (Lipinski definition) is 0. The van der Waals surface area contributed by atoms with Gasteiger partial charge in [-0.2, -0.15) is 0 Å². The minimum Gasteiger partial charge on any atom is -0.354 e. The third-order valence-corrected chi connectivity index (χ3v) is 3.75. The molecular formula is C17H16ClN. The second-order valence-corrected chi connectivity index (χ2v) is 5.16. The molecule has 0 unspecified atom stereocenters. The van der Waals surface area contributed by atoms with E-state index in [4.69, 9.17) is 11.6 Å². The molecule has 0 amide bonds. The van der Waals surface area contributed by atoms with Crippen LogP contribution < -0.4 is 0 Å². The Bertz CT molecular complexity index is 698. The average molecular weight is 270 g/mol. The molecule has 0 spiro atoms. The second-order valence-electron chi connectivity index (χ2n) is 4.76. The van der Waals surface area contributed by atoms with Crippen molar-refractivity contribution >= 4 is 22.5 Å². The molecule has 96 valence electrons. The van der Waals surface area contributed by atoms with E-state index in [2.05, 4.69) is 42.2 Å². The van der Waals surface area contributed by atoms with Crippen LogP contribution in [0.25, 0.3) is 22.2 Å². The van der Waals surface area contributed by atoms with Gasteiger partial charge in [0.2, 0.25) is 0 Å². The highest BCUT2D eigenvalue weighted by molar-refractivity contribution is 6.36. The third kappa shape index (κ3) is 2.15. The van der Waals surface area contributed by atoms with Gasteiger partial charge in [-0.25, -0.2) is 0 Å². The number of fused-ring (bicyclic) bond motifs is 1. The molecule has 2 heteroatoms. The molecule has 0 atom stereocenters. The highest BCUT2D eigenvalue weighted by Gasteiger charge is 2.14. The Morgan fingerprint density at radius 2 is 1.79 bits per heavy atom. The molecule has 2 aromatic carbocycles. The van der Waals surface area contributed by atoms with Crippen LogP contribution in [0.15, 0.2) is 48.5 Å². The molecule has 0 saturated carbocycles. The van der Waals surface area contributed by atoms with E-state index in [-0.39, 0.29) is 0 Å². The standard InChI is InChI=1S/C17H16ClN/c1-2-7-13-16-14(18)10-6-11-15(16)19-17(13)12-8-4-3-5-9-12/h3-6,8-11,19H,2,7H2,1H3. The lowest BCUT2D eigenvalue weighted by molar-refractivity contribution is 0.931. The Hall–Kier alpha value is -1.73. The van der Waals surface area contributed by atoms with Gasteiger partial charge in [0.25, 0.3) is 0 Å². The Balaban J connectivity index is 2.30. The summed E-state index contributed by atoms with van der Waals surface area (Å²) >= 11 is 6.38. The number of benzene rings is 2. The number of halogens is 1. The number of H-pyrrole nitrogens is 1. The summed E-state index contributed by atoms with van der Waals surface area (Å²) in [4.78, 5) is 3.52. The molecule has 0 fully saturated rings. The van der Waals surface area contributed by atoms with Crippen molar-refractivity contribution in [1.82, 2.24) is 4.98 Å². The number of hydrogen-bond donors (Lipinski definition) is 1. The van der Waals surface area contributed by atoms with E-state index < -0.39 is 0 Å². The number of nitrogens with one attached hydrogen (secondary N) is 1. The van der Waals surface area contributed by atoms with Crippen LogP contribution >= 0.6 is 11.6 Å². The number of aromatic nitrogens is 1. The van der Waals surface area contributed by atoms with Gasteiger partial charge in [0, 0.05) is 16.6 Å². The van der Waals surface area contributed by atoms with Gasteiger partial charge in [0.1, 0.15) is 0 Å². The normalized spacial score (nSPS) is 11.1. The summed E-state index contributed by atoms with van der Waals surface area (Å²) in [6.07, 6.45) is 2.14. The molecule has 19 heavy (non-hydrogen) atoms. The summed E-state index contributed by atoms with van der Waals surface area (Å²) in [5.74, 6) is 0. The second kappa shape index (κ2) is 5.10. The maximum Gasteiger partial charge on any atom is 0.0502 e. The molecule has 0 radical (unpaired) electrons. The Kier molecular flexibility index (Phi) is 3.31. The maximum absolute atomic E-state index is 6.38. The van der Waals surface area contributed by atoms with Crippen molar-refractivity contribution in [2.75, 3.05) is 0 Å². The van der Waals surface area contributed by atoms with Crippen molar-refractivity contribution in [2.45, 2.75) is 19.8 Å². The van der Waals surface area contributed by atoms with E-state index in [0.29, 0.717) is 0 Å². The van der Waals surface area contributed by atoms with Crippen molar-refractivity contribution in [3.63, 3.8) is 0 Å². The van der Waals surface area contributed by atoms with Crippen molar-refractivity contribution in [1.29, 1.82) is 0 Å². The van der Waals surface area contributed by atoms with Crippen LogP contribution in [0.4, 0.5) is 0 Å². The lowest BCUT2D eigenvalue weighted by Gasteiger charge is -2.04. The minimum atomic E-state index is 0.833. The highest BCUT2D eigenvalue weighted by atomic mass is 35.5. The van der Waals surface area contributed by atoms with E-state index >= 15 is 0 Å². The molecule has 3 aromatic rings. The zero-order chi connectivity index (χ0) is 13.2. The van der Waals surface area contributed by atoms with E-state index in [1.54, 1.807) is 0 Å². The zero-order valence-corrected chi connectivity index (χ0v) is 11.7. The first-order valence-corrected chi connectivity index (χ1v) is 7.03. The quantitative estimate of drug-likeness (QED) is 0.651. The molecule has 0 aliphatic heterocycles. The van der Waals surface area contributed by atoms with Crippen molar-refractivity contribution in [3.8, 4) is 11.3 Å². The lowest BCUT2D eigenvalue weighted by atomic mass is 10.0. The van der Waals surface area contributed by atoms with E-state index in [9.17, 15) is 0 Å². The molecule has 1 aromatic heterocycles. The monoisotopic (exact) mass is 269 g/mol. The Morgan fingerprint density at radius 3 is 2.53 bits per heavy atom.